The molecule has 2 saturated heterocycles. The third-order valence-electron chi connectivity index (χ3n) is 6.34. The molecule has 0 radical (unpaired) electrons. The van der Waals surface area contributed by atoms with E-state index in [1.54, 1.807) is 0 Å². The third kappa shape index (κ3) is 4.75. The molecule has 4 rings (SSSR count). The maximum Gasteiger partial charge on any atom is 0.261 e. The van der Waals surface area contributed by atoms with Crippen LogP contribution in [0.3, 0.4) is 0 Å². The van der Waals surface area contributed by atoms with Gasteiger partial charge in [-0.15, -0.1) is 0 Å². The van der Waals surface area contributed by atoms with Crippen LogP contribution >= 0.6 is 15.9 Å². The van der Waals surface area contributed by atoms with E-state index >= 15 is 0 Å². The Morgan fingerprint density at radius 3 is 1.90 bits per heavy atom. The van der Waals surface area contributed by atoms with Gasteiger partial charge in [-0.25, -0.2) is 0 Å². The molecule has 2 fully saturated rings. The molecule has 162 valence electrons. The highest BCUT2D eigenvalue weighted by atomic mass is 79.9. The Balaban J connectivity index is 1.47. The summed E-state index contributed by atoms with van der Waals surface area (Å²) < 4.78 is 18.8. The first kappa shape index (κ1) is 22.2. The van der Waals surface area contributed by atoms with E-state index in [-0.39, 0.29) is 17.2 Å². The Labute approximate surface area is 190 Å². The van der Waals surface area contributed by atoms with Crippen LogP contribution in [0.15, 0.2) is 60.7 Å². The molecule has 0 unspecified atom stereocenters. The molecule has 0 bridgehead atoms. The van der Waals surface area contributed by atoms with Crippen molar-refractivity contribution in [3.63, 3.8) is 0 Å². The van der Waals surface area contributed by atoms with Gasteiger partial charge < -0.3 is 13.9 Å². The molecule has 30 heavy (non-hydrogen) atoms. The van der Waals surface area contributed by atoms with Crippen molar-refractivity contribution in [1.82, 2.24) is 0 Å². The van der Waals surface area contributed by atoms with Crippen molar-refractivity contribution in [3.8, 4) is 0 Å². The topological polar surface area (TPSA) is 34.3 Å². The van der Waals surface area contributed by atoms with Gasteiger partial charge in [-0.3, -0.25) is 0 Å². The smallest absolute Gasteiger partial charge is 0.261 e. The molecular formula is C25H33BrO3Si. The predicted octanol–water partition coefficient (Wildman–Crippen LogP) is 4.66. The molecule has 2 aromatic rings. The van der Waals surface area contributed by atoms with Crippen LogP contribution in [-0.4, -0.2) is 44.7 Å². The van der Waals surface area contributed by atoms with Crippen molar-refractivity contribution < 1.29 is 13.9 Å². The minimum Gasteiger partial charge on any atom is -0.405 e. The Hall–Kier alpha value is -0.983. The molecule has 5 heteroatoms. The molecule has 2 aliphatic rings. The zero-order valence-corrected chi connectivity index (χ0v) is 20.8. The fourth-order valence-electron chi connectivity index (χ4n) is 4.65. The lowest BCUT2D eigenvalue weighted by Gasteiger charge is -2.43. The van der Waals surface area contributed by atoms with Gasteiger partial charge in [-0.2, -0.15) is 0 Å². The number of alkyl halides is 1. The van der Waals surface area contributed by atoms with Gasteiger partial charge in [-0.05, 0) is 28.3 Å². The van der Waals surface area contributed by atoms with Crippen LogP contribution in [0, 0.1) is 0 Å². The van der Waals surface area contributed by atoms with Gasteiger partial charge in [0.25, 0.3) is 8.32 Å². The van der Waals surface area contributed by atoms with Crippen LogP contribution in [0.1, 0.15) is 40.0 Å². The highest BCUT2D eigenvalue weighted by molar-refractivity contribution is 9.09. The van der Waals surface area contributed by atoms with Crippen molar-refractivity contribution in [2.45, 2.75) is 69.5 Å². The van der Waals surface area contributed by atoms with Gasteiger partial charge in [0.05, 0.1) is 24.9 Å². The normalized spacial score (nSPS) is 25.9. The van der Waals surface area contributed by atoms with E-state index in [2.05, 4.69) is 97.4 Å². The van der Waals surface area contributed by atoms with Crippen molar-refractivity contribution in [2.24, 2.45) is 0 Å². The second kappa shape index (κ2) is 9.25. The summed E-state index contributed by atoms with van der Waals surface area (Å²) in [5.74, 6) is 0. The minimum absolute atomic E-state index is 0.000468. The summed E-state index contributed by atoms with van der Waals surface area (Å²) >= 11 is 3.50. The Morgan fingerprint density at radius 1 is 0.833 bits per heavy atom. The van der Waals surface area contributed by atoms with E-state index in [1.165, 1.54) is 16.8 Å². The molecule has 0 spiro atoms. The predicted molar refractivity (Wildman–Crippen MR) is 129 cm³/mol. The van der Waals surface area contributed by atoms with Gasteiger partial charge in [0.1, 0.15) is 6.10 Å². The van der Waals surface area contributed by atoms with E-state index in [4.69, 9.17) is 13.9 Å². The summed E-state index contributed by atoms with van der Waals surface area (Å²) in [6.07, 6.45) is 4.60. The molecule has 0 saturated carbocycles. The van der Waals surface area contributed by atoms with Crippen molar-refractivity contribution >= 4 is 34.6 Å². The summed E-state index contributed by atoms with van der Waals surface area (Å²) in [7, 11) is -2.47. The molecule has 2 heterocycles. The van der Waals surface area contributed by atoms with Gasteiger partial charge in [0.2, 0.25) is 0 Å². The largest absolute Gasteiger partial charge is 0.405 e. The second-order valence-corrected chi connectivity index (χ2v) is 14.6. The van der Waals surface area contributed by atoms with Crippen LogP contribution in [0.4, 0.5) is 0 Å². The Kier molecular flexibility index (Phi) is 6.85. The lowest BCUT2D eigenvalue weighted by atomic mass is 10.1. The fraction of sp³-hybridized carbons (Fsp3) is 0.520. The van der Waals surface area contributed by atoms with Gasteiger partial charge in [0.15, 0.2) is 0 Å². The highest BCUT2D eigenvalue weighted by Crippen LogP contribution is 2.40. The fourth-order valence-corrected chi connectivity index (χ4v) is 9.54. The monoisotopic (exact) mass is 488 g/mol. The van der Waals surface area contributed by atoms with E-state index in [0.29, 0.717) is 18.8 Å². The summed E-state index contributed by atoms with van der Waals surface area (Å²) in [6, 6.07) is 21.6. The van der Waals surface area contributed by atoms with E-state index < -0.39 is 8.32 Å². The molecule has 3 nitrogen and oxygen atoms in total. The second-order valence-electron chi connectivity index (χ2n) is 9.47. The molecule has 0 aliphatic carbocycles. The average Bonchev–Trinajstić information content (AvgIpc) is 3.66. The van der Waals surface area contributed by atoms with Gasteiger partial charge >= 0.3 is 0 Å². The lowest BCUT2D eigenvalue weighted by Crippen LogP contribution is -2.66. The first-order chi connectivity index (χ1) is 14.5. The number of epoxide rings is 2. The third-order valence-corrected chi connectivity index (χ3v) is 11.9. The van der Waals surface area contributed by atoms with E-state index in [9.17, 15) is 0 Å². The molecule has 0 N–H and O–H groups in total. The number of ether oxygens (including phenoxy) is 2. The average molecular weight is 490 g/mol. The van der Waals surface area contributed by atoms with Crippen LogP contribution in [0.5, 0.6) is 0 Å². The maximum atomic E-state index is 6.98. The SMILES string of the molecule is CC(C)(C)[Si](OC[C@@H]1O[C@@H]1C[C@H]1O[C@H]1CCCBr)(c1ccccc1)c1ccccc1. The van der Waals surface area contributed by atoms with E-state index in [0.717, 1.165) is 18.2 Å². The summed E-state index contributed by atoms with van der Waals surface area (Å²) in [5, 5.41) is 3.69. The number of rotatable bonds is 10. The molecule has 0 aromatic heterocycles. The molecular weight excluding hydrogens is 456 g/mol. The number of hydrogen-bond donors (Lipinski definition) is 0. The van der Waals surface area contributed by atoms with Crippen molar-refractivity contribution in [2.75, 3.05) is 11.9 Å². The quantitative estimate of drug-likeness (QED) is 0.277. The molecule has 2 aromatic carbocycles. The number of halogens is 1. The number of benzene rings is 2. The maximum absolute atomic E-state index is 6.98. The molecule has 2 aliphatic heterocycles. The van der Waals surface area contributed by atoms with Gasteiger partial charge in [-0.1, -0.05) is 97.4 Å². The highest BCUT2D eigenvalue weighted by Gasteiger charge is 2.53. The zero-order chi connectivity index (χ0) is 21.2. The summed E-state index contributed by atoms with van der Waals surface area (Å²) in [6.45, 7) is 7.60. The molecule has 4 atom stereocenters. The van der Waals surface area contributed by atoms with Crippen molar-refractivity contribution in [1.29, 1.82) is 0 Å². The minimum atomic E-state index is -2.47. The Morgan fingerprint density at radius 2 is 1.37 bits per heavy atom. The van der Waals surface area contributed by atoms with Crippen LogP contribution in [0.2, 0.25) is 5.04 Å². The Bertz CT molecular complexity index is 769. The van der Waals surface area contributed by atoms with Crippen molar-refractivity contribution in [3.05, 3.63) is 60.7 Å². The molecule has 0 amide bonds. The van der Waals surface area contributed by atoms with Crippen LogP contribution in [0.25, 0.3) is 0 Å². The summed E-state index contributed by atoms with van der Waals surface area (Å²) in [5.41, 5.74) is 0. The summed E-state index contributed by atoms with van der Waals surface area (Å²) in [4.78, 5) is 0. The lowest BCUT2D eigenvalue weighted by molar-refractivity contribution is 0.246. The standard InChI is InChI=1S/C25H33BrO3Si/c1-25(2,3)30(19-11-6-4-7-12-19,20-13-8-5-9-14-20)27-18-24-23(29-24)17-22-21(28-22)15-10-16-26/h4-9,11-14,21-24H,10,15-18H2,1-3H3/t21-,22+,23+,24-/m0/s1. The zero-order valence-electron chi connectivity index (χ0n) is 18.2. The van der Waals surface area contributed by atoms with E-state index in [1.807, 2.05) is 0 Å². The van der Waals surface area contributed by atoms with Gasteiger partial charge in [0, 0.05) is 11.8 Å². The first-order valence-corrected chi connectivity index (χ1v) is 14.1. The first-order valence-electron chi connectivity index (χ1n) is 11.1. The van der Waals surface area contributed by atoms with Crippen LogP contribution < -0.4 is 10.4 Å². The number of hydrogen-bond acceptors (Lipinski definition) is 3. The van der Waals surface area contributed by atoms with Crippen LogP contribution in [-0.2, 0) is 13.9 Å².